The third-order valence-electron chi connectivity index (χ3n) is 12.0. The molecule has 0 atom stereocenters. The molecule has 0 aliphatic carbocycles. The first kappa shape index (κ1) is 35.0. The van der Waals surface area contributed by atoms with Gasteiger partial charge in [-0.1, -0.05) is 158 Å². The molecule has 0 saturated heterocycles. The van der Waals surface area contributed by atoms with Crippen LogP contribution in [-0.2, 0) is 0 Å². The molecule has 0 unspecified atom stereocenters. The van der Waals surface area contributed by atoms with Crippen molar-refractivity contribution in [3.8, 4) is 62.5 Å². The summed E-state index contributed by atoms with van der Waals surface area (Å²) in [7, 11) is 0. The second-order valence-corrected chi connectivity index (χ2v) is 16.5. The Balaban J connectivity index is 1.04. The Morgan fingerprint density at radius 3 is 1.52 bits per heavy atom. The summed E-state index contributed by atoms with van der Waals surface area (Å²) in [6.07, 6.45) is 0. The monoisotopic (exact) mass is 792 g/mol. The van der Waals surface area contributed by atoms with Crippen molar-refractivity contribution >= 4 is 74.6 Å². The topological polar surface area (TPSA) is 62.5 Å². The molecular weight excluding hydrogens is 761 g/mol. The maximum Gasteiger partial charge on any atom is 0.164 e. The van der Waals surface area contributed by atoms with Crippen LogP contribution in [0.15, 0.2) is 194 Å². The highest BCUT2D eigenvalue weighted by Gasteiger charge is 2.19. The summed E-state index contributed by atoms with van der Waals surface area (Å²) in [6.45, 7) is 0. The standard InChI is InChI=1S/C56H32N4S/c57-33-38-26-27-45(40-18-5-4-17-39(38)40)49-32-51-42-20-7-6-19-41(42)48(31-50(51)44-22-9-8-21-43(44)49)35-15-12-16-36(29-35)55-58-54(34-13-2-1-3-14-34)59-56(60-55)37-25-28-47-46-23-10-11-24-52(46)61-53(47)30-37/h1-32H. The summed E-state index contributed by atoms with van der Waals surface area (Å²) >= 11 is 1.79. The van der Waals surface area contributed by atoms with Crippen LogP contribution in [-0.4, -0.2) is 15.0 Å². The molecule has 0 spiro atoms. The van der Waals surface area contributed by atoms with Crippen LogP contribution in [0.2, 0.25) is 0 Å². The minimum atomic E-state index is 0.622. The molecule has 0 saturated carbocycles. The van der Waals surface area contributed by atoms with E-state index < -0.39 is 0 Å². The second-order valence-electron chi connectivity index (χ2n) is 15.4. The number of hydrogen-bond donors (Lipinski definition) is 0. The third kappa shape index (κ3) is 5.77. The average Bonchev–Trinajstić information content (AvgIpc) is 3.71. The Morgan fingerprint density at radius 2 is 0.820 bits per heavy atom. The number of hydrogen-bond acceptors (Lipinski definition) is 5. The lowest BCUT2D eigenvalue weighted by atomic mass is 9.86. The number of fused-ring (bicyclic) bond motifs is 9. The summed E-state index contributed by atoms with van der Waals surface area (Å²) in [5.74, 6) is 1.90. The minimum Gasteiger partial charge on any atom is -0.208 e. The molecule has 0 amide bonds. The first-order chi connectivity index (χ1) is 30.2. The maximum atomic E-state index is 9.94. The number of aromatic nitrogens is 3. The lowest BCUT2D eigenvalue weighted by Crippen LogP contribution is -2.00. The van der Waals surface area contributed by atoms with Crippen LogP contribution in [0.3, 0.4) is 0 Å². The van der Waals surface area contributed by atoms with Gasteiger partial charge in [0, 0.05) is 42.2 Å². The number of thiophene rings is 1. The molecule has 61 heavy (non-hydrogen) atoms. The van der Waals surface area contributed by atoms with E-state index in [1.54, 1.807) is 11.3 Å². The first-order valence-corrected chi connectivity index (χ1v) is 21.1. The molecule has 2 heterocycles. The molecule has 12 rings (SSSR count). The fourth-order valence-electron chi connectivity index (χ4n) is 9.09. The Bertz CT molecular complexity index is 3790. The molecule has 10 aromatic carbocycles. The van der Waals surface area contributed by atoms with Crippen LogP contribution in [0.1, 0.15) is 5.56 Å². The molecule has 0 bridgehead atoms. The van der Waals surface area contributed by atoms with E-state index in [4.69, 9.17) is 15.0 Å². The van der Waals surface area contributed by atoms with E-state index >= 15 is 0 Å². The maximum absolute atomic E-state index is 9.94. The SMILES string of the molecule is N#Cc1ccc(-c2cc3c4ccccc4c(-c4cccc(-c5nc(-c6ccccc6)nc(-c6ccc7c(c6)sc6ccccc67)n5)c4)cc3c3ccccc23)c2ccccc12. The van der Waals surface area contributed by atoms with Crippen molar-refractivity contribution in [2.75, 3.05) is 0 Å². The van der Waals surface area contributed by atoms with Gasteiger partial charge in [-0.2, -0.15) is 5.26 Å². The number of rotatable bonds is 5. The zero-order chi connectivity index (χ0) is 40.4. The van der Waals surface area contributed by atoms with Gasteiger partial charge in [-0.15, -0.1) is 11.3 Å². The number of benzene rings is 10. The van der Waals surface area contributed by atoms with Crippen LogP contribution in [0.4, 0.5) is 0 Å². The van der Waals surface area contributed by atoms with Crippen molar-refractivity contribution in [3.05, 3.63) is 200 Å². The molecular formula is C56H32N4S. The van der Waals surface area contributed by atoms with Crippen LogP contribution in [0, 0.1) is 11.3 Å². The summed E-state index contributed by atoms with van der Waals surface area (Å²) in [5, 5.41) is 21.5. The Morgan fingerprint density at radius 1 is 0.311 bits per heavy atom. The lowest BCUT2D eigenvalue weighted by Gasteiger charge is -2.17. The van der Waals surface area contributed by atoms with E-state index in [-0.39, 0.29) is 0 Å². The van der Waals surface area contributed by atoms with E-state index in [0.717, 1.165) is 55.1 Å². The van der Waals surface area contributed by atoms with E-state index in [1.807, 2.05) is 36.4 Å². The average molecular weight is 793 g/mol. The predicted octanol–water partition coefficient (Wildman–Crippen LogP) is 15.1. The van der Waals surface area contributed by atoms with Gasteiger partial charge in [0.25, 0.3) is 0 Å². The fraction of sp³-hybridized carbons (Fsp3) is 0. The lowest BCUT2D eigenvalue weighted by molar-refractivity contribution is 1.07. The van der Waals surface area contributed by atoms with Gasteiger partial charge >= 0.3 is 0 Å². The van der Waals surface area contributed by atoms with E-state index in [2.05, 4.69) is 164 Å². The molecule has 0 radical (unpaired) electrons. The van der Waals surface area contributed by atoms with Crippen LogP contribution >= 0.6 is 11.3 Å². The van der Waals surface area contributed by atoms with Gasteiger partial charge in [0.2, 0.25) is 0 Å². The highest BCUT2D eigenvalue weighted by atomic mass is 32.1. The smallest absolute Gasteiger partial charge is 0.164 e. The van der Waals surface area contributed by atoms with Gasteiger partial charge < -0.3 is 0 Å². The largest absolute Gasteiger partial charge is 0.208 e. The zero-order valence-electron chi connectivity index (χ0n) is 32.7. The fourth-order valence-corrected chi connectivity index (χ4v) is 10.2. The summed E-state index contributed by atoms with van der Waals surface area (Å²) < 4.78 is 2.47. The zero-order valence-corrected chi connectivity index (χ0v) is 33.5. The molecule has 0 aliphatic heterocycles. The predicted molar refractivity (Wildman–Crippen MR) is 255 cm³/mol. The van der Waals surface area contributed by atoms with Crippen LogP contribution in [0.25, 0.3) is 120 Å². The van der Waals surface area contributed by atoms with Gasteiger partial charge in [-0.25, -0.2) is 15.0 Å². The third-order valence-corrected chi connectivity index (χ3v) is 13.1. The summed E-state index contributed by atoms with van der Waals surface area (Å²) in [4.78, 5) is 15.4. The Labute approximate surface area is 355 Å². The van der Waals surface area contributed by atoms with Gasteiger partial charge in [-0.05, 0) is 96.4 Å². The van der Waals surface area contributed by atoms with Crippen molar-refractivity contribution in [2.24, 2.45) is 0 Å². The molecule has 282 valence electrons. The van der Waals surface area contributed by atoms with Crippen molar-refractivity contribution in [2.45, 2.75) is 0 Å². The summed E-state index contributed by atoms with van der Waals surface area (Å²) in [6, 6.07) is 70.6. The van der Waals surface area contributed by atoms with Gasteiger partial charge in [0.05, 0.1) is 11.6 Å². The number of nitriles is 1. The Hall–Kier alpha value is -8.04. The highest BCUT2D eigenvalue weighted by Crippen LogP contribution is 2.44. The molecule has 4 nitrogen and oxygen atoms in total. The van der Waals surface area contributed by atoms with Gasteiger partial charge in [0.1, 0.15) is 0 Å². The van der Waals surface area contributed by atoms with Crippen molar-refractivity contribution in [1.29, 1.82) is 5.26 Å². The molecule has 5 heteroatoms. The number of nitrogens with zero attached hydrogens (tertiary/aromatic N) is 4. The normalized spacial score (nSPS) is 11.6. The van der Waals surface area contributed by atoms with Gasteiger partial charge in [0.15, 0.2) is 17.5 Å². The van der Waals surface area contributed by atoms with Crippen molar-refractivity contribution in [1.82, 2.24) is 15.0 Å². The van der Waals surface area contributed by atoms with Crippen molar-refractivity contribution in [3.63, 3.8) is 0 Å². The molecule has 0 fully saturated rings. The molecule has 0 N–H and O–H groups in total. The van der Waals surface area contributed by atoms with Crippen molar-refractivity contribution < 1.29 is 0 Å². The van der Waals surface area contributed by atoms with E-state index in [9.17, 15) is 5.26 Å². The molecule has 0 aliphatic rings. The second kappa shape index (κ2) is 14.1. The quantitative estimate of drug-likeness (QED) is 0.163. The molecule has 12 aromatic rings. The van der Waals surface area contributed by atoms with E-state index in [0.29, 0.717) is 23.0 Å². The minimum absolute atomic E-state index is 0.622. The first-order valence-electron chi connectivity index (χ1n) is 20.3. The highest BCUT2D eigenvalue weighted by molar-refractivity contribution is 7.25. The Kier molecular flexibility index (Phi) is 8.06. The molecule has 2 aromatic heterocycles. The van der Waals surface area contributed by atoms with Crippen LogP contribution < -0.4 is 0 Å². The van der Waals surface area contributed by atoms with Gasteiger partial charge in [-0.3, -0.25) is 0 Å². The van der Waals surface area contributed by atoms with E-state index in [1.165, 1.54) is 47.1 Å². The van der Waals surface area contributed by atoms with Crippen LogP contribution in [0.5, 0.6) is 0 Å². The summed E-state index contributed by atoms with van der Waals surface area (Å²) in [5.41, 5.74) is 7.97.